The number of carbonyl (C=O) groups is 1. The van der Waals surface area contributed by atoms with Crippen molar-refractivity contribution in [3.05, 3.63) is 29.8 Å². The van der Waals surface area contributed by atoms with Crippen LogP contribution >= 0.6 is 0 Å². The zero-order valence-corrected chi connectivity index (χ0v) is 14.5. The van der Waals surface area contributed by atoms with E-state index >= 15 is 0 Å². The van der Waals surface area contributed by atoms with Crippen LogP contribution in [0.2, 0.25) is 0 Å². The first-order valence-electron chi connectivity index (χ1n) is 7.80. The Morgan fingerprint density at radius 1 is 1.15 bits per heavy atom. The van der Waals surface area contributed by atoms with E-state index in [1.807, 2.05) is 0 Å². The predicted octanol–water partition coefficient (Wildman–Crippen LogP) is 4.16. The maximum absolute atomic E-state index is 13.9. The quantitative estimate of drug-likeness (QED) is 0.661. The Morgan fingerprint density at radius 3 is 2.12 bits per heavy atom. The van der Waals surface area contributed by atoms with Crippen LogP contribution in [0.5, 0.6) is 5.75 Å². The summed E-state index contributed by atoms with van der Waals surface area (Å²) in [6, 6.07) is 6.02. The van der Waals surface area contributed by atoms with Gasteiger partial charge >= 0.3 is 18.1 Å². The fourth-order valence-corrected chi connectivity index (χ4v) is 3.13. The molecule has 148 valence electrons. The number of aliphatic hydroxyl groups is 1. The lowest BCUT2D eigenvalue weighted by Gasteiger charge is -2.41. The molecule has 2 atom stereocenters. The third-order valence-electron chi connectivity index (χ3n) is 4.43. The molecular weight excluding hydrogens is 363 g/mol. The second-order valence-electron chi connectivity index (χ2n) is 6.43. The predicted molar refractivity (Wildman–Crippen MR) is 83.5 cm³/mol. The van der Waals surface area contributed by atoms with Gasteiger partial charge in [-0.25, -0.2) is 4.79 Å². The monoisotopic (exact) mass is 384 g/mol. The van der Waals surface area contributed by atoms with Crippen LogP contribution in [0.15, 0.2) is 24.3 Å². The molecule has 0 saturated carbocycles. The number of hydrogen-bond donors (Lipinski definition) is 2. The van der Waals surface area contributed by atoms with Gasteiger partial charge in [-0.1, -0.05) is 38.5 Å². The number of alkyl halides is 5. The molecule has 1 aromatic carbocycles. The first-order chi connectivity index (χ1) is 11.8. The van der Waals surface area contributed by atoms with Gasteiger partial charge in [-0.15, -0.1) is 0 Å². The summed E-state index contributed by atoms with van der Waals surface area (Å²) < 4.78 is 71.4. The molecule has 0 saturated heterocycles. The van der Waals surface area contributed by atoms with E-state index in [0.29, 0.717) is 6.42 Å². The van der Waals surface area contributed by atoms with Crippen LogP contribution in [-0.2, 0) is 10.2 Å². The van der Waals surface area contributed by atoms with Gasteiger partial charge in [0.25, 0.3) is 0 Å². The molecule has 26 heavy (non-hydrogen) atoms. The SMILES string of the molecule is CCCC(C)(CC(O)(C(=O)O)C(F)(F)C(F)(F)F)c1ccccc1OC. The maximum atomic E-state index is 13.9. The molecule has 0 aliphatic carbocycles. The first kappa shape index (κ1) is 22.1. The van der Waals surface area contributed by atoms with E-state index < -0.39 is 35.5 Å². The highest BCUT2D eigenvalue weighted by atomic mass is 19.4. The standard InChI is InChI=1S/C17H21F5O4/c1-4-9-14(2,11-7-5-6-8-12(11)26-3)10-15(25,13(23)24)16(18,19)17(20,21)22/h5-8,25H,4,9-10H2,1-3H3,(H,23,24). The van der Waals surface area contributed by atoms with E-state index in [1.54, 1.807) is 13.0 Å². The van der Waals surface area contributed by atoms with Crippen molar-refractivity contribution in [2.45, 2.75) is 56.2 Å². The highest BCUT2D eigenvalue weighted by Crippen LogP contribution is 2.50. The van der Waals surface area contributed by atoms with Crippen LogP contribution in [0.3, 0.4) is 0 Å². The highest BCUT2D eigenvalue weighted by molar-refractivity contribution is 5.79. The Labute approximate surface area is 147 Å². The lowest BCUT2D eigenvalue weighted by Crippen LogP contribution is -2.63. The summed E-state index contributed by atoms with van der Waals surface area (Å²) >= 11 is 0. The van der Waals surface area contributed by atoms with Gasteiger partial charge in [-0.2, -0.15) is 22.0 Å². The second kappa shape index (κ2) is 7.38. The third kappa shape index (κ3) is 3.77. The number of carboxylic acids is 1. The number of hydrogen-bond acceptors (Lipinski definition) is 3. The van der Waals surface area contributed by atoms with Crippen LogP contribution in [-0.4, -0.2) is 41.0 Å². The number of carboxylic acid groups (broad SMARTS) is 1. The number of benzene rings is 1. The number of methoxy groups -OCH3 is 1. The number of aliphatic carboxylic acids is 1. The smallest absolute Gasteiger partial charge is 0.457 e. The average molecular weight is 384 g/mol. The number of ether oxygens (including phenoxy) is 1. The molecular formula is C17H21F5O4. The molecule has 9 heteroatoms. The van der Waals surface area contributed by atoms with Crippen LogP contribution < -0.4 is 4.74 Å². The molecule has 0 heterocycles. The Hall–Kier alpha value is -1.90. The van der Waals surface area contributed by atoms with Crippen LogP contribution in [0.4, 0.5) is 22.0 Å². The zero-order chi connectivity index (χ0) is 20.4. The minimum atomic E-state index is -6.23. The fourth-order valence-electron chi connectivity index (χ4n) is 3.13. The van der Waals surface area contributed by atoms with Crippen LogP contribution in [0.1, 0.15) is 38.7 Å². The Kier molecular flexibility index (Phi) is 6.28. The number of halogens is 5. The molecule has 0 radical (unpaired) electrons. The lowest BCUT2D eigenvalue weighted by molar-refractivity contribution is -0.339. The van der Waals surface area contributed by atoms with Gasteiger partial charge in [0.05, 0.1) is 7.11 Å². The van der Waals surface area contributed by atoms with Crippen LogP contribution in [0.25, 0.3) is 0 Å². The molecule has 0 aliphatic rings. The molecule has 2 N–H and O–H groups in total. The first-order valence-corrected chi connectivity index (χ1v) is 7.80. The van der Waals surface area contributed by atoms with E-state index in [2.05, 4.69) is 0 Å². The summed E-state index contributed by atoms with van der Waals surface area (Å²) in [5.41, 5.74) is -5.61. The summed E-state index contributed by atoms with van der Waals surface area (Å²) in [6.07, 6.45) is -7.18. The minimum absolute atomic E-state index is 0.0525. The van der Waals surface area contributed by atoms with E-state index in [1.165, 1.54) is 32.2 Å². The number of para-hydroxylation sites is 1. The Bertz CT molecular complexity index is 646. The molecule has 1 aromatic rings. The molecule has 1 rings (SSSR count). The Balaban J connectivity index is 3.56. The molecule has 2 unspecified atom stereocenters. The summed E-state index contributed by atoms with van der Waals surface area (Å²) in [6.45, 7) is 2.99. The van der Waals surface area contributed by atoms with Crippen molar-refractivity contribution in [2.24, 2.45) is 0 Å². The normalized spacial score (nSPS) is 17.3. The van der Waals surface area contributed by atoms with Crippen molar-refractivity contribution >= 4 is 5.97 Å². The lowest BCUT2D eigenvalue weighted by atomic mass is 9.69. The summed E-state index contributed by atoms with van der Waals surface area (Å²) in [5.74, 6) is -8.29. The second-order valence-corrected chi connectivity index (χ2v) is 6.43. The van der Waals surface area contributed by atoms with E-state index in [4.69, 9.17) is 9.84 Å². The fraction of sp³-hybridized carbons (Fsp3) is 0.588. The largest absolute Gasteiger partial charge is 0.496 e. The van der Waals surface area contributed by atoms with E-state index in [0.717, 1.165) is 0 Å². The van der Waals surface area contributed by atoms with E-state index in [9.17, 15) is 31.9 Å². The van der Waals surface area contributed by atoms with Crippen LogP contribution in [0, 0.1) is 0 Å². The minimum Gasteiger partial charge on any atom is -0.496 e. The summed E-state index contributed by atoms with van der Waals surface area (Å²) in [5, 5.41) is 19.1. The van der Waals surface area contributed by atoms with Crippen molar-refractivity contribution in [3.63, 3.8) is 0 Å². The third-order valence-corrected chi connectivity index (χ3v) is 4.43. The van der Waals surface area contributed by atoms with Crippen molar-refractivity contribution < 1.29 is 41.7 Å². The average Bonchev–Trinajstić information content (AvgIpc) is 2.53. The van der Waals surface area contributed by atoms with Gasteiger partial charge in [0, 0.05) is 12.0 Å². The van der Waals surface area contributed by atoms with Gasteiger partial charge in [0.1, 0.15) is 5.75 Å². The van der Waals surface area contributed by atoms with Crippen molar-refractivity contribution in [1.29, 1.82) is 0 Å². The molecule has 0 fully saturated rings. The molecule has 0 spiro atoms. The molecule has 0 amide bonds. The highest BCUT2D eigenvalue weighted by Gasteiger charge is 2.74. The van der Waals surface area contributed by atoms with Crippen molar-refractivity contribution in [1.82, 2.24) is 0 Å². The van der Waals surface area contributed by atoms with Gasteiger partial charge in [-0.05, 0) is 17.9 Å². The topological polar surface area (TPSA) is 66.8 Å². The van der Waals surface area contributed by atoms with Gasteiger partial charge in [-0.3, -0.25) is 0 Å². The molecule has 0 bridgehead atoms. The summed E-state index contributed by atoms with van der Waals surface area (Å²) in [7, 11) is 1.29. The summed E-state index contributed by atoms with van der Waals surface area (Å²) in [4.78, 5) is 11.3. The van der Waals surface area contributed by atoms with E-state index in [-0.39, 0.29) is 17.7 Å². The van der Waals surface area contributed by atoms with Gasteiger partial charge in [0.2, 0.25) is 5.60 Å². The molecule has 0 aromatic heterocycles. The van der Waals surface area contributed by atoms with Crippen molar-refractivity contribution in [2.75, 3.05) is 7.11 Å². The molecule has 0 aliphatic heterocycles. The molecule has 4 nitrogen and oxygen atoms in total. The Morgan fingerprint density at radius 2 is 1.69 bits per heavy atom. The zero-order valence-electron chi connectivity index (χ0n) is 14.5. The number of rotatable bonds is 8. The van der Waals surface area contributed by atoms with Gasteiger partial charge < -0.3 is 14.9 Å². The maximum Gasteiger partial charge on any atom is 0.457 e. The van der Waals surface area contributed by atoms with Crippen molar-refractivity contribution in [3.8, 4) is 5.75 Å². The van der Waals surface area contributed by atoms with Gasteiger partial charge in [0.15, 0.2) is 0 Å².